The molecule has 0 amide bonds. The SMILES string of the molecule is Oc1c(CF)cccc1CC1CCNC1. The van der Waals surface area contributed by atoms with Crippen molar-refractivity contribution in [3.63, 3.8) is 0 Å². The van der Waals surface area contributed by atoms with Crippen molar-refractivity contribution in [3.05, 3.63) is 29.3 Å². The van der Waals surface area contributed by atoms with Crippen LogP contribution in [0.25, 0.3) is 0 Å². The van der Waals surface area contributed by atoms with Gasteiger partial charge in [0.1, 0.15) is 12.4 Å². The number of nitrogens with one attached hydrogen (secondary N) is 1. The largest absolute Gasteiger partial charge is 0.507 e. The van der Waals surface area contributed by atoms with E-state index in [1.807, 2.05) is 12.1 Å². The molecule has 1 unspecified atom stereocenters. The van der Waals surface area contributed by atoms with Crippen LogP contribution in [0.4, 0.5) is 4.39 Å². The van der Waals surface area contributed by atoms with Gasteiger partial charge in [0.2, 0.25) is 0 Å². The number of aromatic hydroxyl groups is 1. The Morgan fingerprint density at radius 1 is 1.40 bits per heavy atom. The Labute approximate surface area is 89.1 Å². The molecule has 0 aromatic heterocycles. The van der Waals surface area contributed by atoms with E-state index >= 15 is 0 Å². The summed E-state index contributed by atoms with van der Waals surface area (Å²) in [7, 11) is 0. The van der Waals surface area contributed by atoms with E-state index < -0.39 is 6.67 Å². The first-order valence-electron chi connectivity index (χ1n) is 5.37. The van der Waals surface area contributed by atoms with Crippen LogP contribution >= 0.6 is 0 Å². The molecule has 1 aromatic rings. The van der Waals surface area contributed by atoms with Crippen LogP contribution in [0.1, 0.15) is 17.5 Å². The van der Waals surface area contributed by atoms with Crippen LogP contribution in [0.5, 0.6) is 5.75 Å². The molecule has 3 heteroatoms. The maximum atomic E-state index is 12.5. The van der Waals surface area contributed by atoms with Crippen LogP contribution in [0.15, 0.2) is 18.2 Å². The quantitative estimate of drug-likeness (QED) is 0.798. The van der Waals surface area contributed by atoms with Crippen LogP contribution in [0.2, 0.25) is 0 Å². The van der Waals surface area contributed by atoms with E-state index in [1.165, 1.54) is 0 Å². The molecule has 0 aliphatic carbocycles. The number of hydrogen-bond donors (Lipinski definition) is 2. The number of phenols is 1. The molecular formula is C12H16FNO. The lowest BCUT2D eigenvalue weighted by atomic mass is 9.96. The highest BCUT2D eigenvalue weighted by Gasteiger charge is 2.17. The summed E-state index contributed by atoms with van der Waals surface area (Å²) in [6, 6.07) is 5.32. The van der Waals surface area contributed by atoms with E-state index in [1.54, 1.807) is 6.07 Å². The molecule has 1 aliphatic rings. The van der Waals surface area contributed by atoms with Crippen molar-refractivity contribution in [1.82, 2.24) is 5.32 Å². The number of benzene rings is 1. The van der Waals surface area contributed by atoms with Crippen molar-refractivity contribution in [2.24, 2.45) is 5.92 Å². The summed E-state index contributed by atoms with van der Waals surface area (Å²) in [5.74, 6) is 0.720. The molecule has 1 saturated heterocycles. The Bertz CT molecular complexity index is 334. The van der Waals surface area contributed by atoms with E-state index in [9.17, 15) is 9.50 Å². The molecule has 2 nitrogen and oxygen atoms in total. The summed E-state index contributed by atoms with van der Waals surface area (Å²) in [5, 5.41) is 13.1. The van der Waals surface area contributed by atoms with Crippen LogP contribution in [-0.2, 0) is 13.1 Å². The molecule has 1 atom stereocenters. The molecule has 1 fully saturated rings. The predicted octanol–water partition coefficient (Wildman–Crippen LogP) is 2.01. The number of hydrogen-bond acceptors (Lipinski definition) is 2. The summed E-state index contributed by atoms with van der Waals surface area (Å²) >= 11 is 0. The van der Waals surface area contributed by atoms with Gasteiger partial charge in [-0.15, -0.1) is 0 Å². The minimum atomic E-state index is -0.595. The third kappa shape index (κ3) is 2.29. The number of halogens is 1. The lowest BCUT2D eigenvalue weighted by Crippen LogP contribution is -2.10. The Kier molecular flexibility index (Phi) is 3.21. The Morgan fingerprint density at radius 2 is 2.20 bits per heavy atom. The van der Waals surface area contributed by atoms with Crippen LogP contribution < -0.4 is 5.32 Å². The first-order chi connectivity index (χ1) is 7.31. The normalized spacial score (nSPS) is 20.7. The Balaban J connectivity index is 2.13. The second kappa shape index (κ2) is 4.62. The molecule has 1 aliphatic heterocycles. The predicted molar refractivity (Wildman–Crippen MR) is 57.6 cm³/mol. The maximum absolute atomic E-state index is 12.5. The van der Waals surface area contributed by atoms with Crippen LogP contribution in [-0.4, -0.2) is 18.2 Å². The zero-order chi connectivity index (χ0) is 10.7. The standard InChI is InChI=1S/C12H16FNO/c13-7-11-3-1-2-10(12(11)15)6-9-4-5-14-8-9/h1-3,9,14-15H,4-8H2. The van der Waals surface area contributed by atoms with Crippen molar-refractivity contribution < 1.29 is 9.50 Å². The van der Waals surface area contributed by atoms with E-state index in [2.05, 4.69) is 5.32 Å². The van der Waals surface area contributed by atoms with Gasteiger partial charge in [0.25, 0.3) is 0 Å². The molecule has 2 rings (SSSR count). The van der Waals surface area contributed by atoms with E-state index in [0.29, 0.717) is 11.5 Å². The molecule has 0 spiro atoms. The van der Waals surface area contributed by atoms with Crippen molar-refractivity contribution >= 4 is 0 Å². The molecular weight excluding hydrogens is 193 g/mol. The molecule has 0 saturated carbocycles. The molecule has 82 valence electrons. The summed E-state index contributed by atoms with van der Waals surface area (Å²) in [6.45, 7) is 1.45. The zero-order valence-electron chi connectivity index (χ0n) is 8.67. The van der Waals surface area contributed by atoms with Gasteiger partial charge < -0.3 is 10.4 Å². The van der Waals surface area contributed by atoms with E-state index in [4.69, 9.17) is 0 Å². The van der Waals surface area contributed by atoms with E-state index in [0.717, 1.165) is 31.5 Å². The molecule has 1 heterocycles. The minimum absolute atomic E-state index is 0.145. The van der Waals surface area contributed by atoms with Crippen molar-refractivity contribution in [2.75, 3.05) is 13.1 Å². The maximum Gasteiger partial charge on any atom is 0.124 e. The number of para-hydroxylation sites is 1. The van der Waals surface area contributed by atoms with Gasteiger partial charge >= 0.3 is 0 Å². The van der Waals surface area contributed by atoms with Crippen molar-refractivity contribution in [1.29, 1.82) is 0 Å². The Hall–Kier alpha value is -1.09. The highest BCUT2D eigenvalue weighted by Crippen LogP contribution is 2.27. The highest BCUT2D eigenvalue weighted by molar-refractivity contribution is 5.40. The summed E-state index contributed by atoms with van der Waals surface area (Å²) < 4.78 is 12.5. The molecule has 0 bridgehead atoms. The monoisotopic (exact) mass is 209 g/mol. The molecule has 1 aromatic carbocycles. The molecule has 15 heavy (non-hydrogen) atoms. The van der Waals surface area contributed by atoms with Gasteiger partial charge in [0.15, 0.2) is 0 Å². The van der Waals surface area contributed by atoms with Crippen molar-refractivity contribution in [2.45, 2.75) is 19.5 Å². The fourth-order valence-electron chi connectivity index (χ4n) is 2.12. The van der Waals surface area contributed by atoms with Gasteiger partial charge in [0.05, 0.1) is 0 Å². The van der Waals surface area contributed by atoms with Gasteiger partial charge in [-0.1, -0.05) is 18.2 Å². The van der Waals surface area contributed by atoms with Crippen molar-refractivity contribution in [3.8, 4) is 5.75 Å². The van der Waals surface area contributed by atoms with E-state index in [-0.39, 0.29) is 5.75 Å². The third-order valence-corrected chi connectivity index (χ3v) is 3.02. The lowest BCUT2D eigenvalue weighted by Gasteiger charge is -2.11. The van der Waals surface area contributed by atoms with Gasteiger partial charge in [-0.05, 0) is 37.4 Å². The number of alkyl halides is 1. The highest BCUT2D eigenvalue weighted by atomic mass is 19.1. The summed E-state index contributed by atoms with van der Waals surface area (Å²) in [4.78, 5) is 0. The van der Waals surface area contributed by atoms with Crippen LogP contribution in [0.3, 0.4) is 0 Å². The third-order valence-electron chi connectivity index (χ3n) is 3.02. The second-order valence-electron chi connectivity index (χ2n) is 4.12. The fourth-order valence-corrected chi connectivity index (χ4v) is 2.12. The van der Waals surface area contributed by atoms with Gasteiger partial charge in [0, 0.05) is 5.56 Å². The minimum Gasteiger partial charge on any atom is -0.507 e. The fraction of sp³-hybridized carbons (Fsp3) is 0.500. The van der Waals surface area contributed by atoms with Gasteiger partial charge in [-0.2, -0.15) is 0 Å². The van der Waals surface area contributed by atoms with Crippen LogP contribution in [0, 0.1) is 5.92 Å². The smallest absolute Gasteiger partial charge is 0.124 e. The number of phenolic OH excluding ortho intramolecular Hbond substituents is 1. The number of rotatable bonds is 3. The summed E-state index contributed by atoms with van der Waals surface area (Å²) in [6.07, 6.45) is 1.98. The molecule has 2 N–H and O–H groups in total. The summed E-state index contributed by atoms with van der Waals surface area (Å²) in [5.41, 5.74) is 1.28. The Morgan fingerprint density at radius 3 is 2.87 bits per heavy atom. The first kappa shape index (κ1) is 10.4. The average molecular weight is 209 g/mol. The topological polar surface area (TPSA) is 32.3 Å². The zero-order valence-corrected chi connectivity index (χ0v) is 8.67. The second-order valence-corrected chi connectivity index (χ2v) is 4.12. The lowest BCUT2D eigenvalue weighted by molar-refractivity contribution is 0.423. The molecule has 0 radical (unpaired) electrons. The van der Waals surface area contributed by atoms with Gasteiger partial charge in [-0.3, -0.25) is 0 Å². The first-order valence-corrected chi connectivity index (χ1v) is 5.37. The van der Waals surface area contributed by atoms with Gasteiger partial charge in [-0.25, -0.2) is 4.39 Å². The average Bonchev–Trinajstić information content (AvgIpc) is 2.74.